The summed E-state index contributed by atoms with van der Waals surface area (Å²) < 4.78 is 36.4. The summed E-state index contributed by atoms with van der Waals surface area (Å²) >= 11 is 0. The van der Waals surface area contributed by atoms with Gasteiger partial charge in [0.2, 0.25) is 0 Å². The second-order valence-corrected chi connectivity index (χ2v) is 8.80. The van der Waals surface area contributed by atoms with Gasteiger partial charge < -0.3 is 10.2 Å². The van der Waals surface area contributed by atoms with Gasteiger partial charge in [0, 0.05) is 25.0 Å². The fourth-order valence-corrected chi connectivity index (χ4v) is 4.49. The number of likely N-dealkylation sites (tertiary alicyclic amines) is 1. The minimum atomic E-state index is -3.32. The molecule has 1 aromatic carbocycles. The molecule has 2 amide bonds. The Balaban J connectivity index is 1.73. The van der Waals surface area contributed by atoms with Crippen LogP contribution in [0.25, 0.3) is 0 Å². The highest BCUT2D eigenvalue weighted by Gasteiger charge is 2.38. The largest absolute Gasteiger partial charge is 0.324 e. The van der Waals surface area contributed by atoms with Crippen LogP contribution in [-0.4, -0.2) is 38.7 Å². The first kappa shape index (κ1) is 16.2. The Morgan fingerprint density at radius 1 is 1.30 bits per heavy atom. The molecule has 3 rings (SSSR count). The lowest BCUT2D eigenvalue weighted by Crippen LogP contribution is -2.34. The Labute approximate surface area is 135 Å². The van der Waals surface area contributed by atoms with Crippen molar-refractivity contribution in [3.8, 4) is 0 Å². The molecule has 23 heavy (non-hydrogen) atoms. The molecule has 0 bridgehead atoms. The van der Waals surface area contributed by atoms with E-state index in [1.54, 1.807) is 4.90 Å². The van der Waals surface area contributed by atoms with Crippen LogP contribution < -0.4 is 5.32 Å². The highest BCUT2D eigenvalue weighted by atomic mass is 32.2. The molecule has 1 aromatic rings. The van der Waals surface area contributed by atoms with E-state index in [0.717, 1.165) is 25.4 Å². The molecule has 1 saturated heterocycles. The molecule has 7 heteroatoms. The average molecular weight is 340 g/mol. The van der Waals surface area contributed by atoms with E-state index < -0.39 is 15.7 Å². The number of benzene rings is 1. The van der Waals surface area contributed by atoms with Crippen molar-refractivity contribution in [2.45, 2.75) is 25.0 Å². The summed E-state index contributed by atoms with van der Waals surface area (Å²) in [4.78, 5) is 14.2. The van der Waals surface area contributed by atoms with Gasteiger partial charge in [-0.05, 0) is 48.4 Å². The molecule has 1 saturated carbocycles. The summed E-state index contributed by atoms with van der Waals surface area (Å²) in [5, 5.41) is 2.75. The minimum Gasteiger partial charge on any atom is -0.324 e. The number of sulfone groups is 1. The van der Waals surface area contributed by atoms with Crippen LogP contribution in [0.5, 0.6) is 0 Å². The maximum Gasteiger partial charge on any atom is 0.321 e. The number of carbonyl (C=O) groups is 1. The third-order valence-corrected chi connectivity index (χ3v) is 5.58. The van der Waals surface area contributed by atoms with Crippen LogP contribution in [0.2, 0.25) is 0 Å². The molecule has 0 radical (unpaired) electrons. The van der Waals surface area contributed by atoms with Gasteiger partial charge in [0.25, 0.3) is 0 Å². The van der Waals surface area contributed by atoms with Gasteiger partial charge in [-0.3, -0.25) is 0 Å². The van der Waals surface area contributed by atoms with Crippen molar-refractivity contribution in [2.24, 2.45) is 11.8 Å². The number of nitrogens with one attached hydrogen (secondary N) is 1. The lowest BCUT2D eigenvalue weighted by atomic mass is 10.0. The maximum absolute atomic E-state index is 13.4. The minimum absolute atomic E-state index is 0.235. The maximum atomic E-state index is 13.4. The second kappa shape index (κ2) is 6.11. The molecule has 5 nitrogen and oxygen atoms in total. The number of hydrogen-bond acceptors (Lipinski definition) is 3. The van der Waals surface area contributed by atoms with Gasteiger partial charge in [0.1, 0.15) is 5.82 Å². The SMILES string of the molecule is CS(=O)(=O)Cc1cc(F)ccc1NC(=O)N1C[C@H]2CCC[C@@H]2C1. The Morgan fingerprint density at radius 3 is 2.57 bits per heavy atom. The van der Waals surface area contributed by atoms with Crippen molar-refractivity contribution >= 4 is 21.6 Å². The molecule has 1 aliphatic carbocycles. The van der Waals surface area contributed by atoms with Gasteiger partial charge in [-0.15, -0.1) is 0 Å². The van der Waals surface area contributed by atoms with E-state index in [-0.39, 0.29) is 17.3 Å². The monoisotopic (exact) mass is 340 g/mol. The van der Waals surface area contributed by atoms with E-state index in [9.17, 15) is 17.6 Å². The molecular weight excluding hydrogens is 319 g/mol. The van der Waals surface area contributed by atoms with Gasteiger partial charge >= 0.3 is 6.03 Å². The number of hydrogen-bond donors (Lipinski definition) is 1. The molecule has 2 atom stereocenters. The number of halogens is 1. The number of urea groups is 1. The number of nitrogens with zero attached hydrogens (tertiary/aromatic N) is 1. The Kier molecular flexibility index (Phi) is 4.31. The number of amides is 2. The van der Waals surface area contributed by atoms with Gasteiger partial charge in [0.05, 0.1) is 5.75 Å². The number of carbonyl (C=O) groups excluding carboxylic acids is 1. The van der Waals surface area contributed by atoms with Crippen LogP contribution in [0.4, 0.5) is 14.9 Å². The molecule has 0 spiro atoms. The molecule has 2 fully saturated rings. The highest BCUT2D eigenvalue weighted by molar-refractivity contribution is 7.89. The number of anilines is 1. The zero-order valence-electron chi connectivity index (χ0n) is 13.1. The summed E-state index contributed by atoms with van der Waals surface area (Å²) in [6.07, 6.45) is 4.67. The van der Waals surface area contributed by atoms with Crippen molar-refractivity contribution in [1.82, 2.24) is 4.90 Å². The number of fused-ring (bicyclic) bond motifs is 1. The first-order valence-corrected chi connectivity index (χ1v) is 9.90. The smallest absolute Gasteiger partial charge is 0.321 e. The fraction of sp³-hybridized carbons (Fsp3) is 0.562. The topological polar surface area (TPSA) is 66.5 Å². The van der Waals surface area contributed by atoms with E-state index in [4.69, 9.17) is 0 Å². The second-order valence-electron chi connectivity index (χ2n) is 6.66. The van der Waals surface area contributed by atoms with Gasteiger partial charge in [-0.1, -0.05) is 6.42 Å². The lowest BCUT2D eigenvalue weighted by Gasteiger charge is -2.19. The van der Waals surface area contributed by atoms with Crippen LogP contribution in [0.3, 0.4) is 0 Å². The van der Waals surface area contributed by atoms with Crippen molar-refractivity contribution < 1.29 is 17.6 Å². The van der Waals surface area contributed by atoms with E-state index in [1.165, 1.54) is 31.4 Å². The molecule has 0 unspecified atom stereocenters. The van der Waals surface area contributed by atoms with Crippen molar-refractivity contribution in [2.75, 3.05) is 24.7 Å². The molecule has 1 N–H and O–H groups in total. The Bertz CT molecular complexity index is 708. The third-order valence-electron chi connectivity index (χ3n) is 4.74. The molecule has 126 valence electrons. The summed E-state index contributed by atoms with van der Waals surface area (Å²) in [5.41, 5.74) is 0.638. The van der Waals surface area contributed by atoms with Crippen molar-refractivity contribution in [3.05, 3.63) is 29.6 Å². The predicted molar refractivity (Wildman–Crippen MR) is 86.4 cm³/mol. The molecule has 2 aliphatic rings. The van der Waals surface area contributed by atoms with Crippen LogP contribution in [0, 0.1) is 17.7 Å². The van der Waals surface area contributed by atoms with Crippen LogP contribution in [0.15, 0.2) is 18.2 Å². The normalized spacial score (nSPS) is 23.8. The lowest BCUT2D eigenvalue weighted by molar-refractivity contribution is 0.219. The first-order valence-electron chi connectivity index (χ1n) is 7.84. The van der Waals surface area contributed by atoms with E-state index in [0.29, 0.717) is 17.5 Å². The predicted octanol–water partition coefficient (Wildman–Crippen LogP) is 2.63. The fourth-order valence-electron chi connectivity index (χ4n) is 3.68. The Morgan fingerprint density at radius 2 is 1.96 bits per heavy atom. The third kappa shape index (κ3) is 3.83. The van der Waals surface area contributed by atoms with E-state index >= 15 is 0 Å². The first-order chi connectivity index (χ1) is 10.8. The molecule has 1 aliphatic heterocycles. The van der Waals surface area contributed by atoms with Gasteiger partial charge in [0.15, 0.2) is 9.84 Å². The van der Waals surface area contributed by atoms with Gasteiger partial charge in [-0.25, -0.2) is 17.6 Å². The summed E-state index contributed by atoms with van der Waals surface area (Å²) in [6.45, 7) is 1.50. The van der Waals surface area contributed by atoms with Crippen molar-refractivity contribution in [1.29, 1.82) is 0 Å². The molecule has 1 heterocycles. The van der Waals surface area contributed by atoms with Crippen molar-refractivity contribution in [3.63, 3.8) is 0 Å². The highest BCUT2D eigenvalue weighted by Crippen LogP contribution is 2.37. The standard InChI is InChI=1S/C16H21FN2O3S/c1-23(21,22)10-13-7-14(17)5-6-15(13)18-16(20)19-8-11-3-2-4-12(11)9-19/h5-7,11-12H,2-4,8-10H2,1H3,(H,18,20)/t11-,12-/m1/s1. The summed E-state index contributed by atoms with van der Waals surface area (Å²) in [7, 11) is -3.32. The molecule has 0 aromatic heterocycles. The van der Waals surface area contributed by atoms with E-state index in [1.807, 2.05) is 0 Å². The number of rotatable bonds is 3. The van der Waals surface area contributed by atoms with Gasteiger partial charge in [-0.2, -0.15) is 0 Å². The zero-order chi connectivity index (χ0) is 16.6. The quantitative estimate of drug-likeness (QED) is 0.920. The van der Waals surface area contributed by atoms with Crippen LogP contribution in [0.1, 0.15) is 24.8 Å². The summed E-state index contributed by atoms with van der Waals surface area (Å²) in [5.74, 6) is 0.359. The average Bonchev–Trinajstić information content (AvgIpc) is 3.00. The summed E-state index contributed by atoms with van der Waals surface area (Å²) in [6, 6.07) is 3.57. The van der Waals surface area contributed by atoms with Crippen LogP contribution in [-0.2, 0) is 15.6 Å². The Hall–Kier alpha value is -1.63. The molecular formula is C16H21FN2O3S. The van der Waals surface area contributed by atoms with E-state index in [2.05, 4.69) is 5.32 Å². The van der Waals surface area contributed by atoms with Crippen LogP contribution >= 0.6 is 0 Å². The zero-order valence-corrected chi connectivity index (χ0v) is 13.9.